The van der Waals surface area contributed by atoms with Gasteiger partial charge in [-0.3, -0.25) is 14.4 Å². The highest BCUT2D eigenvalue weighted by Gasteiger charge is 2.19. The summed E-state index contributed by atoms with van der Waals surface area (Å²) in [5.41, 5.74) is 0. The second-order valence-electron chi connectivity index (χ2n) is 24.1. The van der Waals surface area contributed by atoms with Crippen molar-refractivity contribution in [1.29, 1.82) is 0 Å². The fraction of sp³-hybridized carbons (Fsp3) is 0.779. The Labute approximate surface area is 515 Å². The Hall–Kier alpha value is -3.41. The fourth-order valence-electron chi connectivity index (χ4n) is 10.5. The van der Waals surface area contributed by atoms with Crippen molar-refractivity contribution in [3.8, 4) is 0 Å². The highest BCUT2D eigenvalue weighted by molar-refractivity contribution is 5.71. The quantitative estimate of drug-likeness (QED) is 0.0261. The van der Waals surface area contributed by atoms with Crippen LogP contribution in [0.3, 0.4) is 0 Å². The van der Waals surface area contributed by atoms with E-state index in [4.69, 9.17) is 14.2 Å². The molecule has 6 nitrogen and oxygen atoms in total. The van der Waals surface area contributed by atoms with Crippen molar-refractivity contribution >= 4 is 17.9 Å². The number of carbonyl (C=O) groups is 3. The third-order valence-electron chi connectivity index (χ3n) is 15.9. The van der Waals surface area contributed by atoms with Gasteiger partial charge in [-0.25, -0.2) is 0 Å². The highest BCUT2D eigenvalue weighted by atomic mass is 16.6. The van der Waals surface area contributed by atoms with E-state index < -0.39 is 6.10 Å². The molecule has 0 aromatic carbocycles. The van der Waals surface area contributed by atoms with Gasteiger partial charge in [0.05, 0.1) is 0 Å². The van der Waals surface area contributed by atoms with Crippen molar-refractivity contribution in [2.75, 3.05) is 13.2 Å². The Balaban J connectivity index is 4.39. The lowest BCUT2D eigenvalue weighted by molar-refractivity contribution is -0.167. The zero-order valence-electron chi connectivity index (χ0n) is 55.2. The molecule has 0 N–H and O–H groups in total. The van der Waals surface area contributed by atoms with Gasteiger partial charge in [0.15, 0.2) is 6.10 Å². The first kappa shape index (κ1) is 79.6. The SMILES string of the molecule is CC/C=C\C/C=C\C/C=C\C/C=C\C/C=C\C/C=C\CCCCCCC(=O)OC(COC(=O)CCCCCCCCC/C=C\CCCCCCCCC)COC(=O)CCCCCCCCCCCCCCCCCCCCCCCCCC. The zero-order chi connectivity index (χ0) is 59.9. The predicted octanol–water partition coefficient (Wildman–Crippen LogP) is 25.0. The number of unbranched alkanes of at least 4 members (excludes halogenated alkanes) is 41. The fourth-order valence-corrected chi connectivity index (χ4v) is 10.5. The van der Waals surface area contributed by atoms with E-state index in [1.807, 2.05) is 0 Å². The summed E-state index contributed by atoms with van der Waals surface area (Å²) in [6.45, 7) is 6.56. The van der Waals surface area contributed by atoms with Gasteiger partial charge < -0.3 is 14.2 Å². The van der Waals surface area contributed by atoms with Gasteiger partial charge in [-0.2, -0.15) is 0 Å². The van der Waals surface area contributed by atoms with Crippen molar-refractivity contribution in [1.82, 2.24) is 0 Å². The Morgan fingerprint density at radius 2 is 0.470 bits per heavy atom. The molecule has 0 aliphatic heterocycles. The van der Waals surface area contributed by atoms with Gasteiger partial charge >= 0.3 is 17.9 Å². The lowest BCUT2D eigenvalue weighted by Gasteiger charge is -2.18. The molecule has 83 heavy (non-hydrogen) atoms. The monoisotopic (exact) mass is 1160 g/mol. The van der Waals surface area contributed by atoms with Gasteiger partial charge in [-0.1, -0.05) is 337 Å². The molecule has 0 saturated heterocycles. The summed E-state index contributed by atoms with van der Waals surface area (Å²) in [6.07, 6.45) is 94.7. The maximum absolute atomic E-state index is 13.0. The number of hydrogen-bond acceptors (Lipinski definition) is 6. The summed E-state index contributed by atoms with van der Waals surface area (Å²) in [4.78, 5) is 38.5. The van der Waals surface area contributed by atoms with Crippen LogP contribution in [0, 0.1) is 0 Å². The van der Waals surface area contributed by atoms with Crippen LogP contribution in [0.15, 0.2) is 85.1 Å². The molecule has 1 atom stereocenters. The summed E-state index contributed by atoms with van der Waals surface area (Å²) in [5.74, 6) is -0.894. The van der Waals surface area contributed by atoms with E-state index in [0.717, 1.165) is 109 Å². The lowest BCUT2D eigenvalue weighted by Crippen LogP contribution is -2.30. The molecular formula is C77H136O6. The normalized spacial score (nSPS) is 12.6. The summed E-state index contributed by atoms with van der Waals surface area (Å²) in [5, 5.41) is 0. The third-order valence-corrected chi connectivity index (χ3v) is 15.9. The number of carbonyl (C=O) groups excluding carboxylic acids is 3. The largest absolute Gasteiger partial charge is 0.462 e. The lowest BCUT2D eigenvalue weighted by atomic mass is 10.0. The molecule has 0 spiro atoms. The summed E-state index contributed by atoms with van der Waals surface area (Å²) < 4.78 is 17.0. The van der Waals surface area contributed by atoms with Crippen LogP contribution in [0.1, 0.15) is 367 Å². The molecule has 0 radical (unpaired) electrons. The molecule has 0 aromatic rings. The Bertz CT molecular complexity index is 1570. The summed E-state index contributed by atoms with van der Waals surface area (Å²) >= 11 is 0. The van der Waals surface area contributed by atoms with E-state index in [-0.39, 0.29) is 31.1 Å². The molecule has 0 saturated carbocycles. The first-order valence-corrected chi connectivity index (χ1v) is 36.1. The number of hydrogen-bond donors (Lipinski definition) is 0. The average molecular weight is 1160 g/mol. The average Bonchev–Trinajstić information content (AvgIpc) is 3.49. The zero-order valence-corrected chi connectivity index (χ0v) is 55.2. The van der Waals surface area contributed by atoms with E-state index in [9.17, 15) is 14.4 Å². The van der Waals surface area contributed by atoms with Crippen LogP contribution in [0.25, 0.3) is 0 Å². The molecule has 0 fully saturated rings. The van der Waals surface area contributed by atoms with Crippen LogP contribution in [-0.2, 0) is 28.6 Å². The van der Waals surface area contributed by atoms with Crippen molar-refractivity contribution in [2.24, 2.45) is 0 Å². The van der Waals surface area contributed by atoms with E-state index in [1.165, 1.54) is 218 Å². The Kier molecular flexibility index (Phi) is 68.2. The summed E-state index contributed by atoms with van der Waals surface area (Å²) in [7, 11) is 0. The Morgan fingerprint density at radius 1 is 0.253 bits per heavy atom. The van der Waals surface area contributed by atoms with E-state index >= 15 is 0 Å². The minimum absolute atomic E-state index is 0.0851. The summed E-state index contributed by atoms with van der Waals surface area (Å²) in [6, 6.07) is 0. The van der Waals surface area contributed by atoms with Crippen LogP contribution >= 0.6 is 0 Å². The maximum Gasteiger partial charge on any atom is 0.306 e. The van der Waals surface area contributed by atoms with Crippen LogP contribution in [0.2, 0.25) is 0 Å². The molecule has 0 aliphatic carbocycles. The van der Waals surface area contributed by atoms with Crippen molar-refractivity contribution < 1.29 is 28.6 Å². The smallest absolute Gasteiger partial charge is 0.306 e. The van der Waals surface area contributed by atoms with Gasteiger partial charge in [0.2, 0.25) is 0 Å². The van der Waals surface area contributed by atoms with Gasteiger partial charge in [0.25, 0.3) is 0 Å². The Morgan fingerprint density at radius 3 is 0.747 bits per heavy atom. The molecule has 0 heterocycles. The van der Waals surface area contributed by atoms with Crippen LogP contribution in [0.5, 0.6) is 0 Å². The van der Waals surface area contributed by atoms with Crippen LogP contribution in [0.4, 0.5) is 0 Å². The minimum Gasteiger partial charge on any atom is -0.462 e. The second kappa shape index (κ2) is 71.1. The number of rotatable bonds is 66. The molecule has 0 amide bonds. The van der Waals surface area contributed by atoms with Crippen molar-refractivity contribution in [3.05, 3.63) is 85.1 Å². The van der Waals surface area contributed by atoms with E-state index in [2.05, 4.69) is 106 Å². The maximum atomic E-state index is 13.0. The predicted molar refractivity (Wildman–Crippen MR) is 362 cm³/mol. The molecule has 480 valence electrons. The topological polar surface area (TPSA) is 78.9 Å². The number of esters is 3. The van der Waals surface area contributed by atoms with Crippen molar-refractivity contribution in [2.45, 2.75) is 374 Å². The molecule has 0 aromatic heterocycles. The van der Waals surface area contributed by atoms with Crippen LogP contribution in [-0.4, -0.2) is 37.2 Å². The number of allylic oxidation sites excluding steroid dienone is 14. The first-order chi connectivity index (χ1) is 41.0. The van der Waals surface area contributed by atoms with Gasteiger partial charge in [-0.15, -0.1) is 0 Å². The molecule has 1 unspecified atom stereocenters. The first-order valence-electron chi connectivity index (χ1n) is 36.1. The molecule has 0 bridgehead atoms. The highest BCUT2D eigenvalue weighted by Crippen LogP contribution is 2.18. The van der Waals surface area contributed by atoms with E-state index in [0.29, 0.717) is 19.3 Å². The van der Waals surface area contributed by atoms with Crippen LogP contribution < -0.4 is 0 Å². The standard InChI is InChI=1S/C77H136O6/c1-4-7-10-13-16-19-22-25-28-31-34-36-38-40-41-43-46-49-52-55-58-61-64-67-70-76(79)82-73-74(72-81-75(78)69-66-63-60-57-54-51-48-45-33-30-27-24-21-18-15-12-9-6-3)83-77(80)71-68-65-62-59-56-53-50-47-44-42-39-37-35-32-29-26-23-20-17-14-11-8-5-2/h8,11,17,20,26,29-30,33,35,37,42,44,50,53,74H,4-7,9-10,12-16,18-19,21-25,27-28,31-32,34,36,38-41,43,45-49,51-52,54-73H2,1-3H3/b11-8-,20-17-,29-26-,33-30-,37-35-,44-42-,53-50-. The second-order valence-corrected chi connectivity index (χ2v) is 24.1. The van der Waals surface area contributed by atoms with Gasteiger partial charge in [0.1, 0.15) is 13.2 Å². The molecular weight excluding hydrogens is 1020 g/mol. The molecule has 6 heteroatoms. The van der Waals surface area contributed by atoms with Gasteiger partial charge in [-0.05, 0) is 96.3 Å². The third kappa shape index (κ3) is 69.3. The molecule has 0 aliphatic rings. The number of ether oxygens (including phenoxy) is 3. The van der Waals surface area contributed by atoms with E-state index in [1.54, 1.807) is 0 Å². The minimum atomic E-state index is -0.794. The van der Waals surface area contributed by atoms with Crippen molar-refractivity contribution in [3.63, 3.8) is 0 Å². The molecule has 0 rings (SSSR count). The van der Waals surface area contributed by atoms with Gasteiger partial charge in [0, 0.05) is 19.3 Å².